The molecule has 6 heteroatoms. The van der Waals surface area contributed by atoms with Crippen LogP contribution in [-0.2, 0) is 4.74 Å². The van der Waals surface area contributed by atoms with E-state index >= 15 is 0 Å². The van der Waals surface area contributed by atoms with E-state index < -0.39 is 0 Å². The van der Waals surface area contributed by atoms with Gasteiger partial charge in [0.05, 0.1) is 22.2 Å². The molecule has 1 aromatic heterocycles. The molecule has 2 N–H and O–H groups in total. The van der Waals surface area contributed by atoms with E-state index in [0.717, 1.165) is 19.4 Å². The Labute approximate surface area is 117 Å². The van der Waals surface area contributed by atoms with E-state index in [1.165, 1.54) is 0 Å². The Bertz CT molecular complexity index is 434. The zero-order valence-electron chi connectivity index (χ0n) is 10.5. The van der Waals surface area contributed by atoms with Crippen LogP contribution in [-0.4, -0.2) is 30.8 Å². The first-order chi connectivity index (χ1) is 8.54. The topological polar surface area (TPSA) is 46.2 Å². The summed E-state index contributed by atoms with van der Waals surface area (Å²) in [7, 11) is 1.78. The summed E-state index contributed by atoms with van der Waals surface area (Å²) in [4.78, 5) is 4.39. The Kier molecular flexibility index (Phi) is 4.20. The Balaban J connectivity index is 2.22. The third-order valence-electron chi connectivity index (χ3n) is 3.02. The van der Waals surface area contributed by atoms with Crippen LogP contribution in [0.4, 0.5) is 11.6 Å². The van der Waals surface area contributed by atoms with Gasteiger partial charge in [-0.05, 0) is 25.8 Å². The molecule has 1 fully saturated rings. The number of nitrogens with one attached hydrogen (secondary N) is 2. The normalized spacial score (nSPS) is 23.8. The second kappa shape index (κ2) is 5.51. The lowest BCUT2D eigenvalue weighted by Gasteiger charge is -2.35. The number of hydrogen-bond acceptors (Lipinski definition) is 4. The Morgan fingerprint density at radius 1 is 1.33 bits per heavy atom. The zero-order chi connectivity index (χ0) is 13.2. The molecule has 1 saturated heterocycles. The zero-order valence-corrected chi connectivity index (χ0v) is 12.0. The van der Waals surface area contributed by atoms with Gasteiger partial charge in [-0.15, -0.1) is 0 Å². The number of pyridine rings is 1. The number of nitrogens with zero attached hydrogens (tertiary/aromatic N) is 1. The van der Waals surface area contributed by atoms with E-state index in [-0.39, 0.29) is 5.54 Å². The smallest absolute Gasteiger partial charge is 0.147 e. The number of rotatable bonds is 3. The molecule has 2 rings (SSSR count). The van der Waals surface area contributed by atoms with Crippen molar-refractivity contribution in [2.75, 3.05) is 30.9 Å². The molecular weight excluding hydrogens is 273 g/mol. The van der Waals surface area contributed by atoms with Gasteiger partial charge in [-0.3, -0.25) is 0 Å². The Morgan fingerprint density at radius 3 is 2.67 bits per heavy atom. The number of aromatic nitrogens is 1. The quantitative estimate of drug-likeness (QED) is 0.895. The molecule has 0 spiro atoms. The molecule has 18 heavy (non-hydrogen) atoms. The van der Waals surface area contributed by atoms with Gasteiger partial charge in [0.1, 0.15) is 11.6 Å². The summed E-state index contributed by atoms with van der Waals surface area (Å²) in [5.41, 5.74) is -0.131. The fourth-order valence-electron chi connectivity index (χ4n) is 2.05. The summed E-state index contributed by atoms with van der Waals surface area (Å²) >= 11 is 12.2. The Morgan fingerprint density at radius 2 is 2.06 bits per heavy atom. The second-order valence-electron chi connectivity index (χ2n) is 4.74. The molecule has 0 saturated carbocycles. The van der Waals surface area contributed by atoms with Crippen molar-refractivity contribution >= 4 is 34.8 Å². The van der Waals surface area contributed by atoms with Crippen molar-refractivity contribution in [2.24, 2.45) is 0 Å². The minimum absolute atomic E-state index is 0.131. The summed E-state index contributed by atoms with van der Waals surface area (Å²) < 4.78 is 5.50. The van der Waals surface area contributed by atoms with Gasteiger partial charge in [0.25, 0.3) is 0 Å². The van der Waals surface area contributed by atoms with E-state index in [0.29, 0.717) is 28.3 Å². The summed E-state index contributed by atoms with van der Waals surface area (Å²) in [5, 5.41) is 7.33. The summed E-state index contributed by atoms with van der Waals surface area (Å²) in [6, 6.07) is 1.69. The van der Waals surface area contributed by atoms with Crippen LogP contribution in [0.3, 0.4) is 0 Å². The van der Waals surface area contributed by atoms with Gasteiger partial charge in [0, 0.05) is 13.7 Å². The molecule has 0 radical (unpaired) electrons. The average molecular weight is 290 g/mol. The molecule has 0 aromatic carbocycles. The summed E-state index contributed by atoms with van der Waals surface area (Å²) in [5.74, 6) is 1.25. The van der Waals surface area contributed by atoms with Gasteiger partial charge in [-0.25, -0.2) is 4.98 Å². The third kappa shape index (κ3) is 2.99. The highest BCUT2D eigenvalue weighted by Gasteiger charge is 2.28. The first kappa shape index (κ1) is 13.7. The highest BCUT2D eigenvalue weighted by atomic mass is 35.5. The van der Waals surface area contributed by atoms with Gasteiger partial charge in [0.15, 0.2) is 0 Å². The molecular formula is C12H17Cl2N3O. The van der Waals surface area contributed by atoms with E-state index in [2.05, 4.69) is 22.5 Å². The number of hydrogen-bond donors (Lipinski definition) is 2. The molecule has 1 aliphatic rings. The van der Waals surface area contributed by atoms with Crippen LogP contribution < -0.4 is 10.6 Å². The van der Waals surface area contributed by atoms with Crippen LogP contribution in [0.1, 0.15) is 19.8 Å². The van der Waals surface area contributed by atoms with Crippen LogP contribution in [0.15, 0.2) is 6.07 Å². The first-order valence-electron chi connectivity index (χ1n) is 5.94. The predicted octanol–water partition coefficient (Wildman–Crippen LogP) is 3.41. The maximum Gasteiger partial charge on any atom is 0.147 e. The average Bonchev–Trinajstić information content (AvgIpc) is 2.33. The summed E-state index contributed by atoms with van der Waals surface area (Å²) in [6.07, 6.45) is 2.07. The van der Waals surface area contributed by atoms with Crippen LogP contribution in [0, 0.1) is 0 Å². The number of ether oxygens (including phenoxy) is 1. The molecule has 2 heterocycles. The van der Waals surface area contributed by atoms with Gasteiger partial charge >= 0.3 is 0 Å². The highest BCUT2D eigenvalue weighted by Crippen LogP contribution is 2.32. The lowest BCUT2D eigenvalue weighted by molar-refractivity contribution is 0.0539. The van der Waals surface area contributed by atoms with Crippen molar-refractivity contribution in [1.29, 1.82) is 0 Å². The van der Waals surface area contributed by atoms with Gasteiger partial charge in [-0.2, -0.15) is 0 Å². The highest BCUT2D eigenvalue weighted by molar-refractivity contribution is 6.37. The lowest BCUT2D eigenvalue weighted by Crippen LogP contribution is -2.43. The van der Waals surface area contributed by atoms with Crippen molar-refractivity contribution in [1.82, 2.24) is 4.98 Å². The maximum atomic E-state index is 6.16. The second-order valence-corrected chi connectivity index (χ2v) is 5.56. The third-order valence-corrected chi connectivity index (χ3v) is 3.60. The van der Waals surface area contributed by atoms with E-state index in [1.54, 1.807) is 13.1 Å². The molecule has 1 unspecified atom stereocenters. The van der Waals surface area contributed by atoms with E-state index in [1.807, 2.05) is 0 Å². The maximum absolute atomic E-state index is 6.16. The van der Waals surface area contributed by atoms with Crippen molar-refractivity contribution in [2.45, 2.75) is 25.3 Å². The molecule has 1 atom stereocenters. The molecule has 1 aromatic rings. The van der Waals surface area contributed by atoms with Crippen molar-refractivity contribution in [3.63, 3.8) is 0 Å². The molecule has 0 amide bonds. The number of anilines is 2. The standard InChI is InChI=1S/C12H17Cl2N3O/c1-12(4-3-5-18-7-12)17-11-9(14)6-8(13)10(15-2)16-11/h6H,3-5,7H2,1-2H3,(H2,15,16,17). The minimum atomic E-state index is -0.131. The predicted molar refractivity (Wildman–Crippen MR) is 75.9 cm³/mol. The monoisotopic (exact) mass is 289 g/mol. The van der Waals surface area contributed by atoms with Gasteiger partial charge in [0.2, 0.25) is 0 Å². The molecule has 4 nitrogen and oxygen atoms in total. The van der Waals surface area contributed by atoms with Crippen LogP contribution in [0.25, 0.3) is 0 Å². The Hall–Kier alpha value is -0.710. The van der Waals surface area contributed by atoms with Crippen LogP contribution in [0.5, 0.6) is 0 Å². The molecule has 100 valence electrons. The van der Waals surface area contributed by atoms with Crippen molar-refractivity contribution < 1.29 is 4.74 Å². The first-order valence-corrected chi connectivity index (χ1v) is 6.69. The lowest BCUT2D eigenvalue weighted by atomic mass is 9.95. The molecule has 0 bridgehead atoms. The largest absolute Gasteiger partial charge is 0.379 e. The number of halogens is 2. The van der Waals surface area contributed by atoms with Crippen molar-refractivity contribution in [3.8, 4) is 0 Å². The van der Waals surface area contributed by atoms with E-state index in [4.69, 9.17) is 27.9 Å². The molecule has 1 aliphatic heterocycles. The molecule has 0 aliphatic carbocycles. The van der Waals surface area contributed by atoms with Crippen LogP contribution >= 0.6 is 23.2 Å². The summed E-state index contributed by atoms with van der Waals surface area (Å²) in [6.45, 7) is 3.58. The van der Waals surface area contributed by atoms with Gasteiger partial charge < -0.3 is 15.4 Å². The fraction of sp³-hybridized carbons (Fsp3) is 0.583. The van der Waals surface area contributed by atoms with Crippen LogP contribution in [0.2, 0.25) is 10.0 Å². The fourth-order valence-corrected chi connectivity index (χ4v) is 2.55. The minimum Gasteiger partial charge on any atom is -0.379 e. The van der Waals surface area contributed by atoms with Gasteiger partial charge in [-0.1, -0.05) is 23.2 Å². The van der Waals surface area contributed by atoms with E-state index in [9.17, 15) is 0 Å². The SMILES string of the molecule is CNc1nc(NC2(C)CCCOC2)c(Cl)cc1Cl. The van der Waals surface area contributed by atoms with Crippen molar-refractivity contribution in [3.05, 3.63) is 16.1 Å².